The molecule has 0 aliphatic carbocycles. The van der Waals surface area contributed by atoms with E-state index >= 15 is 0 Å². The molecule has 0 spiro atoms. The number of carbonyl (C=O) groups is 1. The Hall–Kier alpha value is -0.590. The predicted molar refractivity (Wildman–Crippen MR) is 50.0 cm³/mol. The quantitative estimate of drug-likeness (QED) is 0.779. The van der Waals surface area contributed by atoms with E-state index in [-0.39, 0.29) is 6.42 Å². The first-order valence-electron chi connectivity index (χ1n) is 4.44. The summed E-state index contributed by atoms with van der Waals surface area (Å²) < 4.78 is 46.6. The van der Waals surface area contributed by atoms with Crippen molar-refractivity contribution in [3.05, 3.63) is 0 Å². The number of halogens is 3. The molecular formula is C8H13F3O3S. The Morgan fingerprint density at radius 2 is 2.00 bits per heavy atom. The van der Waals surface area contributed by atoms with Gasteiger partial charge < -0.3 is 5.11 Å². The van der Waals surface area contributed by atoms with Crippen LogP contribution in [0.5, 0.6) is 0 Å². The van der Waals surface area contributed by atoms with Crippen LogP contribution in [0.1, 0.15) is 26.2 Å². The van der Waals surface area contributed by atoms with Gasteiger partial charge in [0, 0.05) is 16.6 Å². The third kappa shape index (κ3) is 6.48. The van der Waals surface area contributed by atoms with E-state index in [1.165, 1.54) is 0 Å². The molecule has 0 aliphatic heterocycles. The fraction of sp³-hybridized carbons (Fsp3) is 0.875. The molecule has 0 radical (unpaired) electrons. The summed E-state index contributed by atoms with van der Waals surface area (Å²) >= 11 is 0. The second-order valence-electron chi connectivity index (χ2n) is 3.07. The van der Waals surface area contributed by atoms with E-state index in [0.29, 0.717) is 6.42 Å². The standard InChI is InChI=1S/C8H13F3O3S/c1-2-3-6(7(12)13)15(14)5-4-8(9,10)11/h6H,2-5H2,1H3,(H,12,13). The third-order valence-corrected chi connectivity index (χ3v) is 3.41. The average Bonchev–Trinajstić information content (AvgIpc) is 2.08. The molecule has 0 amide bonds. The van der Waals surface area contributed by atoms with Gasteiger partial charge in [0.1, 0.15) is 5.25 Å². The lowest BCUT2D eigenvalue weighted by Crippen LogP contribution is -2.28. The van der Waals surface area contributed by atoms with Gasteiger partial charge in [0.15, 0.2) is 0 Å². The fourth-order valence-corrected chi connectivity index (χ4v) is 2.43. The number of alkyl halides is 3. The van der Waals surface area contributed by atoms with Crippen LogP contribution in [0.4, 0.5) is 13.2 Å². The number of carboxylic acid groups (broad SMARTS) is 1. The lowest BCUT2D eigenvalue weighted by Gasteiger charge is -2.11. The Kier molecular flexibility index (Phi) is 5.85. The van der Waals surface area contributed by atoms with Crippen LogP contribution < -0.4 is 0 Å². The average molecular weight is 246 g/mol. The first-order chi connectivity index (χ1) is 6.78. The van der Waals surface area contributed by atoms with Crippen LogP contribution in [0, 0.1) is 0 Å². The Bertz CT molecular complexity index is 240. The van der Waals surface area contributed by atoms with Crippen molar-refractivity contribution >= 4 is 16.8 Å². The van der Waals surface area contributed by atoms with E-state index in [4.69, 9.17) is 5.11 Å². The molecule has 0 aliphatic rings. The van der Waals surface area contributed by atoms with Gasteiger partial charge in [-0.3, -0.25) is 9.00 Å². The molecule has 2 atom stereocenters. The Morgan fingerprint density at radius 3 is 2.33 bits per heavy atom. The molecule has 7 heteroatoms. The summed E-state index contributed by atoms with van der Waals surface area (Å²) in [5.41, 5.74) is 0. The molecule has 15 heavy (non-hydrogen) atoms. The highest BCUT2D eigenvalue weighted by atomic mass is 32.2. The van der Waals surface area contributed by atoms with Crippen molar-refractivity contribution in [3.63, 3.8) is 0 Å². The van der Waals surface area contributed by atoms with Crippen molar-refractivity contribution in [1.82, 2.24) is 0 Å². The molecule has 0 rings (SSSR count). The van der Waals surface area contributed by atoms with Gasteiger partial charge in [0.25, 0.3) is 0 Å². The van der Waals surface area contributed by atoms with E-state index in [9.17, 15) is 22.2 Å². The van der Waals surface area contributed by atoms with Gasteiger partial charge in [0.05, 0.1) is 6.42 Å². The number of aliphatic carboxylic acids is 1. The van der Waals surface area contributed by atoms with Crippen molar-refractivity contribution in [1.29, 1.82) is 0 Å². The van der Waals surface area contributed by atoms with Crippen molar-refractivity contribution in [3.8, 4) is 0 Å². The number of hydrogen-bond acceptors (Lipinski definition) is 2. The highest BCUT2D eigenvalue weighted by Crippen LogP contribution is 2.20. The molecule has 0 saturated carbocycles. The lowest BCUT2D eigenvalue weighted by molar-refractivity contribution is -0.137. The second-order valence-corrected chi connectivity index (χ2v) is 4.80. The van der Waals surface area contributed by atoms with Crippen molar-refractivity contribution in [2.24, 2.45) is 0 Å². The molecule has 0 heterocycles. The van der Waals surface area contributed by atoms with Crippen LogP contribution in [-0.2, 0) is 15.6 Å². The van der Waals surface area contributed by atoms with E-state index in [2.05, 4.69) is 0 Å². The lowest BCUT2D eigenvalue weighted by atomic mass is 10.2. The van der Waals surface area contributed by atoms with E-state index in [1.807, 2.05) is 0 Å². The smallest absolute Gasteiger partial charge is 0.390 e. The molecule has 1 N–H and O–H groups in total. The van der Waals surface area contributed by atoms with Crippen LogP contribution in [0.25, 0.3) is 0 Å². The van der Waals surface area contributed by atoms with Crippen LogP contribution in [-0.4, -0.2) is 32.5 Å². The minimum Gasteiger partial charge on any atom is -0.480 e. The highest BCUT2D eigenvalue weighted by Gasteiger charge is 2.31. The third-order valence-electron chi connectivity index (χ3n) is 1.73. The molecule has 3 nitrogen and oxygen atoms in total. The zero-order chi connectivity index (χ0) is 12.1. The minimum absolute atomic E-state index is 0.139. The molecule has 90 valence electrons. The van der Waals surface area contributed by atoms with Crippen LogP contribution in [0.15, 0.2) is 0 Å². The molecule has 2 unspecified atom stereocenters. The van der Waals surface area contributed by atoms with Gasteiger partial charge in [-0.2, -0.15) is 13.2 Å². The van der Waals surface area contributed by atoms with E-state index in [1.54, 1.807) is 6.92 Å². The monoisotopic (exact) mass is 246 g/mol. The number of carboxylic acids is 1. The summed E-state index contributed by atoms with van der Waals surface area (Å²) in [5, 5.41) is 7.45. The van der Waals surface area contributed by atoms with Gasteiger partial charge >= 0.3 is 12.1 Å². The fourth-order valence-electron chi connectivity index (χ4n) is 0.988. The van der Waals surface area contributed by atoms with Gasteiger partial charge in [-0.15, -0.1) is 0 Å². The van der Waals surface area contributed by atoms with E-state index in [0.717, 1.165) is 0 Å². The second kappa shape index (κ2) is 6.09. The summed E-state index contributed by atoms with van der Waals surface area (Å²) in [7, 11) is -1.95. The summed E-state index contributed by atoms with van der Waals surface area (Å²) in [6.07, 6.45) is -4.97. The zero-order valence-electron chi connectivity index (χ0n) is 8.21. The van der Waals surface area contributed by atoms with Gasteiger partial charge in [-0.1, -0.05) is 13.3 Å². The van der Waals surface area contributed by atoms with Crippen LogP contribution in [0.3, 0.4) is 0 Å². The topological polar surface area (TPSA) is 54.4 Å². The van der Waals surface area contributed by atoms with Gasteiger partial charge in [-0.25, -0.2) is 0 Å². The normalized spacial score (nSPS) is 16.0. The Morgan fingerprint density at radius 1 is 1.47 bits per heavy atom. The maximum absolute atomic E-state index is 11.8. The van der Waals surface area contributed by atoms with Crippen LogP contribution >= 0.6 is 0 Å². The largest absolute Gasteiger partial charge is 0.480 e. The highest BCUT2D eigenvalue weighted by molar-refractivity contribution is 7.86. The zero-order valence-corrected chi connectivity index (χ0v) is 9.03. The summed E-state index contributed by atoms with van der Waals surface area (Å²) in [4.78, 5) is 10.6. The first-order valence-corrected chi connectivity index (χ1v) is 5.83. The molecule has 0 aromatic carbocycles. The first kappa shape index (κ1) is 14.4. The predicted octanol–water partition coefficient (Wildman–Crippen LogP) is 1.94. The molecular weight excluding hydrogens is 233 g/mol. The van der Waals surface area contributed by atoms with Crippen molar-refractivity contribution in [2.45, 2.75) is 37.6 Å². The molecule has 0 fully saturated rings. The molecule has 0 aromatic heterocycles. The Labute approximate surface area is 88.1 Å². The van der Waals surface area contributed by atoms with Crippen LogP contribution in [0.2, 0.25) is 0 Å². The maximum Gasteiger partial charge on any atom is 0.390 e. The molecule has 0 saturated heterocycles. The number of rotatable bonds is 6. The van der Waals surface area contributed by atoms with Gasteiger partial charge in [0.2, 0.25) is 0 Å². The molecule has 0 bridgehead atoms. The minimum atomic E-state index is -4.38. The Balaban J connectivity index is 4.21. The van der Waals surface area contributed by atoms with E-state index < -0.39 is 40.4 Å². The van der Waals surface area contributed by atoms with Crippen molar-refractivity contribution in [2.75, 3.05) is 5.75 Å². The summed E-state index contributed by atoms with van der Waals surface area (Å²) in [6, 6.07) is 0. The van der Waals surface area contributed by atoms with Crippen molar-refractivity contribution < 1.29 is 27.3 Å². The summed E-state index contributed by atoms with van der Waals surface area (Å²) in [5.74, 6) is -1.93. The SMILES string of the molecule is CCCC(C(=O)O)S(=O)CCC(F)(F)F. The summed E-state index contributed by atoms with van der Waals surface area (Å²) in [6.45, 7) is 1.69. The number of hydrogen-bond donors (Lipinski definition) is 1. The van der Waals surface area contributed by atoms with Gasteiger partial charge in [-0.05, 0) is 6.42 Å². The maximum atomic E-state index is 11.8. The molecule has 0 aromatic rings.